The molecule has 0 aliphatic rings. The van der Waals surface area contributed by atoms with Gasteiger partial charge in [0.15, 0.2) is 0 Å². The first-order valence-electron chi connectivity index (χ1n) is 9.79. The van der Waals surface area contributed by atoms with Crippen molar-refractivity contribution in [2.75, 3.05) is 11.4 Å². The van der Waals surface area contributed by atoms with E-state index < -0.39 is 0 Å². The van der Waals surface area contributed by atoms with E-state index in [2.05, 4.69) is 72.7 Å². The molecule has 0 aliphatic carbocycles. The minimum absolute atomic E-state index is 0.594. The lowest BCUT2D eigenvalue weighted by molar-refractivity contribution is 0.697. The molecule has 0 spiro atoms. The second kappa shape index (κ2) is 9.05. The molecule has 0 unspecified atom stereocenters. The highest BCUT2D eigenvalue weighted by atomic mass is 15.5. The second-order valence-corrected chi connectivity index (χ2v) is 6.80. The lowest BCUT2D eigenvalue weighted by Crippen LogP contribution is -2.25. The standard InChI is InChI=1S/C22H23N7/c1-2-3-15-29(22-23-13-6-14-24-22)16-17-9-11-18(12-10-17)19-7-4-5-8-20(19)21-25-27-28-26-21/h4-14H,2-3,15-16H2,1H3,(H,25,26,27,28). The summed E-state index contributed by atoms with van der Waals surface area (Å²) in [6.45, 7) is 3.90. The second-order valence-electron chi connectivity index (χ2n) is 6.80. The fraction of sp³-hybridized carbons (Fsp3) is 0.227. The maximum absolute atomic E-state index is 4.43. The van der Waals surface area contributed by atoms with Crippen molar-refractivity contribution in [1.82, 2.24) is 30.6 Å². The van der Waals surface area contributed by atoms with Gasteiger partial charge in [0.1, 0.15) is 0 Å². The van der Waals surface area contributed by atoms with Crippen LogP contribution in [0, 0.1) is 0 Å². The van der Waals surface area contributed by atoms with E-state index in [1.807, 2.05) is 24.3 Å². The van der Waals surface area contributed by atoms with Crippen LogP contribution < -0.4 is 4.90 Å². The van der Waals surface area contributed by atoms with Crippen LogP contribution in [0.5, 0.6) is 0 Å². The predicted octanol–water partition coefficient (Wildman–Crippen LogP) is 4.13. The summed E-state index contributed by atoms with van der Waals surface area (Å²) in [5.41, 5.74) is 4.37. The third-order valence-electron chi connectivity index (χ3n) is 4.77. The van der Waals surface area contributed by atoms with Gasteiger partial charge in [0, 0.05) is 31.0 Å². The molecule has 0 saturated carbocycles. The topological polar surface area (TPSA) is 83.5 Å². The van der Waals surface area contributed by atoms with Gasteiger partial charge < -0.3 is 4.90 Å². The minimum atomic E-state index is 0.594. The first-order valence-corrected chi connectivity index (χ1v) is 9.79. The summed E-state index contributed by atoms with van der Waals surface area (Å²) >= 11 is 0. The molecular formula is C22H23N7. The van der Waals surface area contributed by atoms with Crippen molar-refractivity contribution in [3.8, 4) is 22.5 Å². The van der Waals surface area contributed by atoms with Crippen LogP contribution in [0.25, 0.3) is 22.5 Å². The van der Waals surface area contributed by atoms with Gasteiger partial charge in [0.05, 0.1) is 0 Å². The van der Waals surface area contributed by atoms with E-state index >= 15 is 0 Å². The van der Waals surface area contributed by atoms with E-state index in [-0.39, 0.29) is 0 Å². The van der Waals surface area contributed by atoms with Gasteiger partial charge in [-0.05, 0) is 34.4 Å². The molecule has 0 atom stereocenters. The Bertz CT molecular complexity index is 1010. The summed E-state index contributed by atoms with van der Waals surface area (Å²) in [4.78, 5) is 11.1. The van der Waals surface area contributed by atoms with Gasteiger partial charge in [-0.1, -0.05) is 61.9 Å². The summed E-state index contributed by atoms with van der Waals surface area (Å²) < 4.78 is 0. The fourth-order valence-corrected chi connectivity index (χ4v) is 3.27. The molecule has 1 N–H and O–H groups in total. The number of hydrogen-bond donors (Lipinski definition) is 1. The Hall–Kier alpha value is -3.61. The largest absolute Gasteiger partial charge is 0.337 e. The summed E-state index contributed by atoms with van der Waals surface area (Å²) in [6.07, 6.45) is 5.82. The zero-order chi connectivity index (χ0) is 19.9. The van der Waals surface area contributed by atoms with Crippen LogP contribution in [-0.2, 0) is 6.54 Å². The van der Waals surface area contributed by atoms with Crippen LogP contribution in [-0.4, -0.2) is 37.1 Å². The SMILES string of the molecule is CCCCN(Cc1ccc(-c2ccccc2-c2nn[nH]n2)cc1)c1ncccn1. The quantitative estimate of drug-likeness (QED) is 0.491. The van der Waals surface area contributed by atoms with Crippen molar-refractivity contribution in [2.24, 2.45) is 0 Å². The Morgan fingerprint density at radius 1 is 0.897 bits per heavy atom. The van der Waals surface area contributed by atoms with Crippen molar-refractivity contribution in [2.45, 2.75) is 26.3 Å². The Kier molecular flexibility index (Phi) is 5.85. The Morgan fingerprint density at radius 2 is 1.66 bits per heavy atom. The molecule has 0 aliphatic heterocycles. The number of aromatic amines is 1. The van der Waals surface area contributed by atoms with Crippen LogP contribution in [0.3, 0.4) is 0 Å². The van der Waals surface area contributed by atoms with Crippen molar-refractivity contribution in [3.63, 3.8) is 0 Å². The molecular weight excluding hydrogens is 362 g/mol. The molecule has 0 bridgehead atoms. The van der Waals surface area contributed by atoms with Gasteiger partial charge in [-0.25, -0.2) is 9.97 Å². The zero-order valence-corrected chi connectivity index (χ0v) is 16.4. The Morgan fingerprint density at radius 3 is 2.34 bits per heavy atom. The molecule has 29 heavy (non-hydrogen) atoms. The van der Waals surface area contributed by atoms with E-state index in [9.17, 15) is 0 Å². The van der Waals surface area contributed by atoms with Crippen molar-refractivity contribution < 1.29 is 0 Å². The lowest BCUT2D eigenvalue weighted by Gasteiger charge is -2.22. The summed E-state index contributed by atoms with van der Waals surface area (Å²) in [7, 11) is 0. The third kappa shape index (κ3) is 4.45. The third-order valence-corrected chi connectivity index (χ3v) is 4.77. The molecule has 0 fully saturated rings. The average Bonchev–Trinajstić information content (AvgIpc) is 3.32. The Balaban J connectivity index is 1.57. The van der Waals surface area contributed by atoms with Crippen LogP contribution in [0.2, 0.25) is 0 Å². The van der Waals surface area contributed by atoms with Crippen molar-refractivity contribution in [1.29, 1.82) is 0 Å². The summed E-state index contributed by atoms with van der Waals surface area (Å²) in [6, 6.07) is 18.5. The van der Waals surface area contributed by atoms with Gasteiger partial charge in [-0.3, -0.25) is 0 Å². The number of benzene rings is 2. The number of aromatic nitrogens is 6. The molecule has 7 nitrogen and oxygen atoms in total. The van der Waals surface area contributed by atoms with E-state index in [1.165, 1.54) is 5.56 Å². The van der Waals surface area contributed by atoms with E-state index in [0.717, 1.165) is 48.6 Å². The molecule has 4 rings (SSSR count). The summed E-state index contributed by atoms with van der Waals surface area (Å²) in [5.74, 6) is 1.36. The molecule has 4 aromatic rings. The maximum Gasteiger partial charge on any atom is 0.225 e. The molecule has 0 radical (unpaired) electrons. The number of rotatable bonds is 8. The van der Waals surface area contributed by atoms with Crippen LogP contribution in [0.4, 0.5) is 5.95 Å². The normalized spacial score (nSPS) is 10.8. The van der Waals surface area contributed by atoms with Crippen molar-refractivity contribution >= 4 is 5.95 Å². The van der Waals surface area contributed by atoms with E-state index in [1.54, 1.807) is 12.4 Å². The smallest absolute Gasteiger partial charge is 0.225 e. The molecule has 2 aromatic carbocycles. The predicted molar refractivity (Wildman–Crippen MR) is 113 cm³/mol. The number of unbranched alkanes of at least 4 members (excludes halogenated alkanes) is 1. The summed E-state index contributed by atoms with van der Waals surface area (Å²) in [5, 5.41) is 14.4. The van der Waals surface area contributed by atoms with Crippen molar-refractivity contribution in [3.05, 3.63) is 72.6 Å². The molecule has 2 heterocycles. The van der Waals surface area contributed by atoms with Gasteiger partial charge in [-0.2, -0.15) is 5.21 Å². The minimum Gasteiger partial charge on any atom is -0.337 e. The highest BCUT2D eigenvalue weighted by Crippen LogP contribution is 2.30. The number of H-pyrrole nitrogens is 1. The highest BCUT2D eigenvalue weighted by Gasteiger charge is 2.12. The number of nitrogens with zero attached hydrogens (tertiary/aromatic N) is 6. The van der Waals surface area contributed by atoms with Gasteiger partial charge in [0.2, 0.25) is 11.8 Å². The molecule has 0 saturated heterocycles. The molecule has 2 aromatic heterocycles. The van der Waals surface area contributed by atoms with Gasteiger partial charge >= 0.3 is 0 Å². The molecule has 7 heteroatoms. The van der Waals surface area contributed by atoms with Gasteiger partial charge in [-0.15, -0.1) is 10.2 Å². The van der Waals surface area contributed by atoms with E-state index in [4.69, 9.17) is 0 Å². The Labute approximate surface area is 169 Å². The first-order chi connectivity index (χ1) is 14.3. The number of nitrogens with one attached hydrogen (secondary N) is 1. The number of hydrogen-bond acceptors (Lipinski definition) is 6. The van der Waals surface area contributed by atoms with Crippen LogP contribution >= 0.6 is 0 Å². The zero-order valence-electron chi connectivity index (χ0n) is 16.4. The van der Waals surface area contributed by atoms with Gasteiger partial charge in [0.25, 0.3) is 0 Å². The molecule has 0 amide bonds. The van der Waals surface area contributed by atoms with Crippen LogP contribution in [0.1, 0.15) is 25.3 Å². The fourth-order valence-electron chi connectivity index (χ4n) is 3.27. The van der Waals surface area contributed by atoms with Crippen LogP contribution in [0.15, 0.2) is 67.0 Å². The number of tetrazole rings is 1. The number of anilines is 1. The van der Waals surface area contributed by atoms with E-state index in [0.29, 0.717) is 5.82 Å². The monoisotopic (exact) mass is 385 g/mol. The molecule has 146 valence electrons. The lowest BCUT2D eigenvalue weighted by atomic mass is 9.98. The maximum atomic E-state index is 4.43. The average molecular weight is 385 g/mol. The highest BCUT2D eigenvalue weighted by molar-refractivity contribution is 5.80. The first kappa shape index (κ1) is 18.7.